The topological polar surface area (TPSA) is 45.1 Å². The molecule has 1 rings (SSSR count). The molecule has 0 atom stereocenters. The Labute approximate surface area is 87.2 Å². The molecule has 1 aliphatic rings. The first-order valence-corrected chi connectivity index (χ1v) is 5.24. The summed E-state index contributed by atoms with van der Waals surface area (Å²) in [5.41, 5.74) is 0.678. The van der Waals surface area contributed by atoms with Crippen molar-refractivity contribution in [3.8, 4) is 0 Å². The average molecular weight is 247 g/mol. The number of ether oxygens (including phenoxy) is 1. The van der Waals surface area contributed by atoms with Crippen LogP contribution in [0.4, 0.5) is 0 Å². The number of rotatable bonds is 3. The second kappa shape index (κ2) is 5.40. The van der Waals surface area contributed by atoms with Crippen LogP contribution in [0.25, 0.3) is 0 Å². The maximum absolute atomic E-state index is 7.88. The van der Waals surface area contributed by atoms with Gasteiger partial charge in [-0.3, -0.25) is 0 Å². The molecule has 2 N–H and O–H groups in total. The van der Waals surface area contributed by atoms with Crippen LogP contribution in [0.1, 0.15) is 12.8 Å². The maximum atomic E-state index is 7.88. The van der Waals surface area contributed by atoms with E-state index in [1.807, 2.05) is 7.05 Å². The summed E-state index contributed by atoms with van der Waals surface area (Å²) in [5.74, 6) is 0.354. The first-order valence-electron chi connectivity index (χ1n) is 4.45. The van der Waals surface area contributed by atoms with Gasteiger partial charge in [0.05, 0.1) is 10.2 Å². The van der Waals surface area contributed by atoms with E-state index in [0.717, 1.165) is 30.5 Å². The average Bonchev–Trinajstić information content (AvgIpc) is 2.18. The van der Waals surface area contributed by atoms with E-state index in [4.69, 9.17) is 10.1 Å². The highest BCUT2D eigenvalue weighted by atomic mass is 79.9. The van der Waals surface area contributed by atoms with E-state index in [2.05, 4.69) is 21.2 Å². The van der Waals surface area contributed by atoms with Gasteiger partial charge in [0.2, 0.25) is 0 Å². The monoisotopic (exact) mass is 246 g/mol. The van der Waals surface area contributed by atoms with Gasteiger partial charge in [0.1, 0.15) is 0 Å². The normalized spacial score (nSPS) is 20.0. The first-order chi connectivity index (χ1) is 6.25. The van der Waals surface area contributed by atoms with Crippen LogP contribution >= 0.6 is 15.9 Å². The van der Waals surface area contributed by atoms with E-state index in [1.165, 1.54) is 0 Å². The van der Waals surface area contributed by atoms with Crippen molar-refractivity contribution in [3.05, 3.63) is 10.7 Å². The van der Waals surface area contributed by atoms with Gasteiger partial charge in [0.15, 0.2) is 0 Å². The maximum Gasteiger partial charge on any atom is 0.0542 e. The fourth-order valence-electron chi connectivity index (χ4n) is 1.39. The van der Waals surface area contributed by atoms with Crippen LogP contribution in [0.15, 0.2) is 10.7 Å². The van der Waals surface area contributed by atoms with Crippen molar-refractivity contribution in [2.45, 2.75) is 12.8 Å². The highest BCUT2D eigenvalue weighted by Gasteiger charge is 2.19. The molecular formula is C9H15BrN2O. The predicted molar refractivity (Wildman–Crippen MR) is 57.3 cm³/mol. The summed E-state index contributed by atoms with van der Waals surface area (Å²) < 4.78 is 6.09. The zero-order chi connectivity index (χ0) is 9.68. The van der Waals surface area contributed by atoms with Gasteiger partial charge in [0.25, 0.3) is 0 Å². The Morgan fingerprint density at radius 1 is 1.54 bits per heavy atom. The van der Waals surface area contributed by atoms with Crippen molar-refractivity contribution in [1.29, 1.82) is 5.41 Å². The summed E-state index contributed by atoms with van der Waals surface area (Å²) in [6, 6.07) is 0. The SMILES string of the molecule is CN/C=C(/Br)C(=N)C1CCOCC1. The number of nitrogens with one attached hydrogen (secondary N) is 2. The molecule has 74 valence electrons. The molecule has 0 amide bonds. The molecule has 13 heavy (non-hydrogen) atoms. The summed E-state index contributed by atoms with van der Waals surface area (Å²) in [7, 11) is 1.83. The van der Waals surface area contributed by atoms with Gasteiger partial charge in [0, 0.05) is 32.4 Å². The summed E-state index contributed by atoms with van der Waals surface area (Å²) in [6.45, 7) is 1.57. The van der Waals surface area contributed by atoms with Crippen molar-refractivity contribution in [1.82, 2.24) is 5.32 Å². The standard InChI is InChI=1S/C9H15BrN2O/c1-12-6-8(10)9(11)7-2-4-13-5-3-7/h6-7,11-12H,2-5H2,1H3/b8-6+,11-9?. The van der Waals surface area contributed by atoms with Crippen LogP contribution in [0.2, 0.25) is 0 Å². The molecule has 0 unspecified atom stereocenters. The molecule has 1 aliphatic heterocycles. The van der Waals surface area contributed by atoms with Gasteiger partial charge in [-0.15, -0.1) is 0 Å². The number of hydrogen-bond donors (Lipinski definition) is 2. The summed E-state index contributed by atoms with van der Waals surface area (Å²) >= 11 is 3.37. The molecule has 3 nitrogen and oxygen atoms in total. The Hall–Kier alpha value is -0.350. The molecule has 0 aromatic carbocycles. The summed E-state index contributed by atoms with van der Waals surface area (Å²) in [5, 5.41) is 10.8. The van der Waals surface area contributed by atoms with E-state index in [1.54, 1.807) is 6.20 Å². The van der Waals surface area contributed by atoms with Crippen LogP contribution in [0.5, 0.6) is 0 Å². The van der Waals surface area contributed by atoms with E-state index >= 15 is 0 Å². The lowest BCUT2D eigenvalue weighted by Gasteiger charge is -2.22. The fourth-order valence-corrected chi connectivity index (χ4v) is 1.94. The minimum absolute atomic E-state index is 0.354. The van der Waals surface area contributed by atoms with Crippen molar-refractivity contribution in [3.63, 3.8) is 0 Å². The number of halogens is 1. The second-order valence-corrected chi connectivity index (χ2v) is 3.94. The van der Waals surface area contributed by atoms with Gasteiger partial charge in [-0.05, 0) is 28.8 Å². The molecular weight excluding hydrogens is 232 g/mol. The predicted octanol–water partition coefficient (Wildman–Crippen LogP) is 1.89. The molecule has 1 heterocycles. The molecule has 1 fully saturated rings. The summed E-state index contributed by atoms with van der Waals surface area (Å²) in [6.07, 6.45) is 3.73. The van der Waals surface area contributed by atoms with Crippen LogP contribution in [0, 0.1) is 11.3 Å². The lowest BCUT2D eigenvalue weighted by molar-refractivity contribution is 0.0828. The third-order valence-corrected chi connectivity index (χ3v) is 2.81. The van der Waals surface area contributed by atoms with Crippen LogP contribution in [0.3, 0.4) is 0 Å². The minimum atomic E-state index is 0.354. The zero-order valence-electron chi connectivity index (χ0n) is 7.77. The zero-order valence-corrected chi connectivity index (χ0v) is 9.36. The third-order valence-electron chi connectivity index (χ3n) is 2.16. The van der Waals surface area contributed by atoms with Gasteiger partial charge in [-0.1, -0.05) is 0 Å². The summed E-state index contributed by atoms with van der Waals surface area (Å²) in [4.78, 5) is 0. The Balaban J connectivity index is 2.50. The van der Waals surface area contributed by atoms with Crippen LogP contribution in [-0.2, 0) is 4.74 Å². The van der Waals surface area contributed by atoms with Crippen LogP contribution in [-0.4, -0.2) is 26.0 Å². The first kappa shape index (κ1) is 10.7. The quantitative estimate of drug-likeness (QED) is 0.748. The minimum Gasteiger partial charge on any atom is -0.393 e. The molecule has 0 bridgehead atoms. The largest absolute Gasteiger partial charge is 0.393 e. The van der Waals surface area contributed by atoms with E-state index in [9.17, 15) is 0 Å². The number of allylic oxidation sites excluding steroid dienone is 1. The highest BCUT2D eigenvalue weighted by Crippen LogP contribution is 2.21. The lowest BCUT2D eigenvalue weighted by atomic mass is 9.95. The Kier molecular flexibility index (Phi) is 4.45. The van der Waals surface area contributed by atoms with Crippen LogP contribution < -0.4 is 5.32 Å². The van der Waals surface area contributed by atoms with E-state index < -0.39 is 0 Å². The van der Waals surface area contributed by atoms with Gasteiger partial charge in [-0.25, -0.2) is 0 Å². The molecule has 0 aromatic rings. The van der Waals surface area contributed by atoms with Gasteiger partial charge in [-0.2, -0.15) is 0 Å². The Morgan fingerprint density at radius 2 is 2.15 bits per heavy atom. The van der Waals surface area contributed by atoms with Crippen molar-refractivity contribution in [2.24, 2.45) is 5.92 Å². The van der Waals surface area contributed by atoms with Crippen molar-refractivity contribution in [2.75, 3.05) is 20.3 Å². The Morgan fingerprint density at radius 3 is 2.69 bits per heavy atom. The van der Waals surface area contributed by atoms with Gasteiger partial charge < -0.3 is 15.5 Å². The van der Waals surface area contributed by atoms with Crippen molar-refractivity contribution >= 4 is 21.6 Å². The third kappa shape index (κ3) is 3.12. The molecule has 0 spiro atoms. The second-order valence-electron chi connectivity index (χ2n) is 3.08. The molecule has 0 radical (unpaired) electrons. The van der Waals surface area contributed by atoms with E-state index in [-0.39, 0.29) is 0 Å². The lowest BCUT2D eigenvalue weighted by Crippen LogP contribution is -2.23. The van der Waals surface area contributed by atoms with E-state index in [0.29, 0.717) is 11.6 Å². The number of hydrogen-bond acceptors (Lipinski definition) is 3. The highest BCUT2D eigenvalue weighted by molar-refractivity contribution is 9.12. The Bertz CT molecular complexity index is 210. The smallest absolute Gasteiger partial charge is 0.0542 e. The molecule has 0 aromatic heterocycles. The fraction of sp³-hybridized carbons (Fsp3) is 0.667. The molecule has 0 saturated carbocycles. The van der Waals surface area contributed by atoms with Gasteiger partial charge >= 0.3 is 0 Å². The van der Waals surface area contributed by atoms with Crippen molar-refractivity contribution < 1.29 is 4.74 Å². The molecule has 1 saturated heterocycles. The molecule has 0 aliphatic carbocycles. The molecule has 4 heteroatoms.